The molecule has 1 aromatic heterocycles. The molecule has 4 heteroatoms. The molecule has 0 aromatic carbocycles. The Balaban J connectivity index is 1.67. The van der Waals surface area contributed by atoms with E-state index in [9.17, 15) is 4.79 Å². The Morgan fingerprint density at radius 3 is 3.00 bits per heavy atom. The molecule has 0 aliphatic heterocycles. The number of nitrogens with one attached hydrogen (secondary N) is 1. The van der Waals surface area contributed by atoms with Gasteiger partial charge < -0.3 is 14.5 Å². The van der Waals surface area contributed by atoms with Gasteiger partial charge in [0.2, 0.25) is 5.91 Å². The number of ether oxygens (including phenoxy) is 1. The van der Waals surface area contributed by atoms with E-state index in [4.69, 9.17) is 9.15 Å². The Labute approximate surface area is 125 Å². The second-order valence-corrected chi connectivity index (χ2v) is 5.69. The first kappa shape index (κ1) is 15.6. The molecule has 0 spiro atoms. The lowest BCUT2D eigenvalue weighted by Crippen LogP contribution is -2.25. The predicted octanol–water partition coefficient (Wildman–Crippen LogP) is 3.13. The third-order valence-electron chi connectivity index (χ3n) is 3.42. The molecule has 1 heterocycles. The van der Waals surface area contributed by atoms with E-state index in [0.717, 1.165) is 23.0 Å². The SMILES string of the molecule is C=C(C)COCCNC(=O)/C=C/c1ccc(C2CC2C)o1. The Bertz CT molecular complexity index is 530. The van der Waals surface area contributed by atoms with Crippen molar-refractivity contribution in [3.8, 4) is 0 Å². The number of hydrogen-bond acceptors (Lipinski definition) is 3. The second-order valence-electron chi connectivity index (χ2n) is 5.69. The van der Waals surface area contributed by atoms with Crippen molar-refractivity contribution in [2.75, 3.05) is 19.8 Å². The zero-order chi connectivity index (χ0) is 15.2. The van der Waals surface area contributed by atoms with Crippen LogP contribution >= 0.6 is 0 Å². The number of hydrogen-bond donors (Lipinski definition) is 1. The van der Waals surface area contributed by atoms with Crippen molar-refractivity contribution in [1.29, 1.82) is 0 Å². The predicted molar refractivity (Wildman–Crippen MR) is 82.9 cm³/mol. The maximum absolute atomic E-state index is 11.6. The number of rotatable bonds is 8. The van der Waals surface area contributed by atoms with Gasteiger partial charge in [-0.3, -0.25) is 4.79 Å². The molecular formula is C17H23NO3. The van der Waals surface area contributed by atoms with E-state index in [2.05, 4.69) is 18.8 Å². The Morgan fingerprint density at radius 2 is 2.33 bits per heavy atom. The molecule has 0 bridgehead atoms. The van der Waals surface area contributed by atoms with E-state index in [0.29, 0.717) is 25.7 Å². The van der Waals surface area contributed by atoms with Crippen LogP contribution in [0.3, 0.4) is 0 Å². The molecule has 1 amide bonds. The van der Waals surface area contributed by atoms with Gasteiger partial charge in [-0.05, 0) is 37.5 Å². The fourth-order valence-corrected chi connectivity index (χ4v) is 2.09. The molecule has 1 saturated carbocycles. The average molecular weight is 289 g/mol. The Morgan fingerprint density at radius 1 is 1.57 bits per heavy atom. The van der Waals surface area contributed by atoms with Crippen molar-refractivity contribution in [3.63, 3.8) is 0 Å². The standard InChI is InChI=1S/C17H23NO3/c1-12(2)11-20-9-8-18-17(19)7-5-14-4-6-16(21-14)15-10-13(15)3/h4-7,13,15H,1,8-11H2,2-3H3,(H,18,19)/b7-5+. The maximum Gasteiger partial charge on any atom is 0.244 e. The van der Waals surface area contributed by atoms with Crippen molar-refractivity contribution in [1.82, 2.24) is 5.32 Å². The van der Waals surface area contributed by atoms with E-state index in [1.165, 1.54) is 12.5 Å². The van der Waals surface area contributed by atoms with Gasteiger partial charge in [-0.25, -0.2) is 0 Å². The van der Waals surface area contributed by atoms with Crippen molar-refractivity contribution >= 4 is 12.0 Å². The largest absolute Gasteiger partial charge is 0.461 e. The van der Waals surface area contributed by atoms with Crippen LogP contribution in [0.1, 0.15) is 37.7 Å². The summed E-state index contributed by atoms with van der Waals surface area (Å²) in [5, 5.41) is 2.75. The fourth-order valence-electron chi connectivity index (χ4n) is 2.09. The zero-order valence-electron chi connectivity index (χ0n) is 12.7. The summed E-state index contributed by atoms with van der Waals surface area (Å²) in [5.74, 6) is 2.88. The van der Waals surface area contributed by atoms with Crippen LogP contribution in [0.4, 0.5) is 0 Å². The summed E-state index contributed by atoms with van der Waals surface area (Å²) in [4.78, 5) is 11.6. The van der Waals surface area contributed by atoms with E-state index >= 15 is 0 Å². The van der Waals surface area contributed by atoms with Gasteiger partial charge >= 0.3 is 0 Å². The second kappa shape index (κ2) is 7.27. The van der Waals surface area contributed by atoms with Crippen LogP contribution in [-0.4, -0.2) is 25.7 Å². The normalized spacial score (nSPS) is 20.7. The molecule has 1 aliphatic rings. The Hall–Kier alpha value is -1.81. The van der Waals surface area contributed by atoms with Crippen molar-refractivity contribution in [2.24, 2.45) is 5.92 Å². The molecule has 2 atom stereocenters. The van der Waals surface area contributed by atoms with Gasteiger partial charge in [-0.1, -0.05) is 19.1 Å². The highest BCUT2D eigenvalue weighted by Gasteiger charge is 2.36. The molecule has 1 fully saturated rings. The minimum Gasteiger partial charge on any atom is -0.461 e. The highest BCUT2D eigenvalue weighted by molar-refractivity contribution is 5.91. The van der Waals surface area contributed by atoms with Crippen LogP contribution in [0, 0.1) is 5.92 Å². The lowest BCUT2D eigenvalue weighted by atomic mass is 10.3. The molecular weight excluding hydrogens is 266 g/mol. The molecule has 1 aliphatic carbocycles. The van der Waals surface area contributed by atoms with E-state index in [-0.39, 0.29) is 5.91 Å². The molecule has 21 heavy (non-hydrogen) atoms. The lowest BCUT2D eigenvalue weighted by molar-refractivity contribution is -0.116. The third kappa shape index (κ3) is 5.23. The monoisotopic (exact) mass is 289 g/mol. The quantitative estimate of drug-likeness (QED) is 0.454. The summed E-state index contributed by atoms with van der Waals surface area (Å²) in [6, 6.07) is 3.90. The van der Waals surface area contributed by atoms with Crippen molar-refractivity contribution in [3.05, 3.63) is 41.9 Å². The highest BCUT2D eigenvalue weighted by atomic mass is 16.5. The molecule has 0 radical (unpaired) electrons. The number of carbonyl (C=O) groups is 1. The van der Waals surface area contributed by atoms with E-state index < -0.39 is 0 Å². The molecule has 4 nitrogen and oxygen atoms in total. The number of carbonyl (C=O) groups excluding carboxylic acids is 1. The van der Waals surface area contributed by atoms with Crippen molar-refractivity contribution < 1.29 is 13.9 Å². The van der Waals surface area contributed by atoms with Gasteiger partial charge in [-0.15, -0.1) is 0 Å². The van der Waals surface area contributed by atoms with Gasteiger partial charge in [0.15, 0.2) is 0 Å². The summed E-state index contributed by atoms with van der Waals surface area (Å²) in [6.07, 6.45) is 4.37. The van der Waals surface area contributed by atoms with Gasteiger partial charge in [-0.2, -0.15) is 0 Å². The first-order valence-corrected chi connectivity index (χ1v) is 7.34. The zero-order valence-corrected chi connectivity index (χ0v) is 12.7. The van der Waals surface area contributed by atoms with Crippen LogP contribution in [0.5, 0.6) is 0 Å². The van der Waals surface area contributed by atoms with Gasteiger partial charge in [0.25, 0.3) is 0 Å². The summed E-state index contributed by atoms with van der Waals surface area (Å²) in [7, 11) is 0. The molecule has 114 valence electrons. The lowest BCUT2D eigenvalue weighted by Gasteiger charge is -2.03. The number of amides is 1. The van der Waals surface area contributed by atoms with Crippen LogP contribution < -0.4 is 5.32 Å². The van der Waals surface area contributed by atoms with Crippen LogP contribution in [0.15, 0.2) is 34.8 Å². The summed E-state index contributed by atoms with van der Waals surface area (Å²) >= 11 is 0. The van der Waals surface area contributed by atoms with Crippen LogP contribution in [0.2, 0.25) is 0 Å². The van der Waals surface area contributed by atoms with E-state index in [1.54, 1.807) is 6.08 Å². The molecule has 0 saturated heterocycles. The topological polar surface area (TPSA) is 51.5 Å². The molecule has 1 aromatic rings. The average Bonchev–Trinajstić information content (AvgIpc) is 2.99. The first-order chi connectivity index (χ1) is 10.1. The third-order valence-corrected chi connectivity index (χ3v) is 3.42. The minimum absolute atomic E-state index is 0.147. The number of furan rings is 1. The molecule has 1 N–H and O–H groups in total. The maximum atomic E-state index is 11.6. The van der Waals surface area contributed by atoms with Gasteiger partial charge in [0, 0.05) is 18.5 Å². The minimum atomic E-state index is -0.147. The van der Waals surface area contributed by atoms with Gasteiger partial charge in [0.1, 0.15) is 11.5 Å². The van der Waals surface area contributed by atoms with Crippen LogP contribution in [-0.2, 0) is 9.53 Å². The molecule has 2 rings (SSSR count). The summed E-state index contributed by atoms with van der Waals surface area (Å²) in [6.45, 7) is 9.36. The fraction of sp³-hybridized carbons (Fsp3) is 0.471. The van der Waals surface area contributed by atoms with E-state index in [1.807, 2.05) is 19.1 Å². The summed E-state index contributed by atoms with van der Waals surface area (Å²) in [5.41, 5.74) is 0.972. The van der Waals surface area contributed by atoms with Crippen LogP contribution in [0.25, 0.3) is 6.08 Å². The molecule has 2 unspecified atom stereocenters. The summed E-state index contributed by atoms with van der Waals surface area (Å²) < 4.78 is 11.0. The first-order valence-electron chi connectivity index (χ1n) is 7.34. The highest BCUT2D eigenvalue weighted by Crippen LogP contribution is 2.47. The Kier molecular flexibility index (Phi) is 5.39. The smallest absolute Gasteiger partial charge is 0.244 e. The van der Waals surface area contributed by atoms with Crippen molar-refractivity contribution in [2.45, 2.75) is 26.2 Å². The van der Waals surface area contributed by atoms with Gasteiger partial charge in [0.05, 0.1) is 13.2 Å².